The van der Waals surface area contributed by atoms with Crippen molar-refractivity contribution in [2.45, 2.75) is 6.92 Å². The Hall–Kier alpha value is -1.06. The molecule has 7 heteroatoms. The molecule has 0 saturated carbocycles. The fraction of sp³-hybridized carbons (Fsp3) is 0.0833. The summed E-state index contributed by atoms with van der Waals surface area (Å²) < 4.78 is 1.05. The summed E-state index contributed by atoms with van der Waals surface area (Å²) in [7, 11) is 0. The van der Waals surface area contributed by atoms with Crippen molar-refractivity contribution in [3.8, 4) is 0 Å². The van der Waals surface area contributed by atoms with E-state index >= 15 is 0 Å². The lowest BCUT2D eigenvalue weighted by atomic mass is 10.3. The molecular weight excluding hydrogens is 393 g/mol. The minimum atomic E-state index is -0.212. The zero-order valence-electron chi connectivity index (χ0n) is 9.94. The average Bonchev–Trinajstić information content (AvgIpc) is 2.86. The molecule has 0 unspecified atom stereocenters. The molecule has 0 radical (unpaired) electrons. The molecule has 0 aliphatic rings. The van der Waals surface area contributed by atoms with Gasteiger partial charge in [0.25, 0.3) is 5.91 Å². The smallest absolute Gasteiger partial charge is 0.267 e. The third-order valence-electron chi connectivity index (χ3n) is 2.25. The van der Waals surface area contributed by atoms with Gasteiger partial charge >= 0.3 is 0 Å². The lowest BCUT2D eigenvalue weighted by molar-refractivity contribution is 0.0981. The molecule has 2 N–H and O–H groups in total. The molecule has 98 valence electrons. The van der Waals surface area contributed by atoms with Crippen molar-refractivity contribution < 1.29 is 4.79 Å². The van der Waals surface area contributed by atoms with E-state index < -0.39 is 0 Å². The summed E-state index contributed by atoms with van der Waals surface area (Å²) >= 11 is 8.66. The third-order valence-corrected chi connectivity index (χ3v) is 3.91. The Morgan fingerprint density at radius 1 is 1.53 bits per heavy atom. The van der Waals surface area contributed by atoms with Gasteiger partial charge in [-0.2, -0.15) is 0 Å². The maximum atomic E-state index is 11.8. The first-order valence-corrected chi connectivity index (χ1v) is 7.71. The molecule has 2 aromatic heterocycles. The van der Waals surface area contributed by atoms with E-state index in [0.29, 0.717) is 10.7 Å². The van der Waals surface area contributed by atoms with Crippen LogP contribution in [0.3, 0.4) is 0 Å². The van der Waals surface area contributed by atoms with Crippen LogP contribution in [-0.2, 0) is 0 Å². The minimum absolute atomic E-state index is 0.212. The van der Waals surface area contributed by atoms with Crippen molar-refractivity contribution in [3.05, 3.63) is 43.8 Å². The van der Waals surface area contributed by atoms with Crippen molar-refractivity contribution in [3.63, 3.8) is 0 Å². The number of carbonyl (C=O) groups is 1. The number of thiophene rings is 1. The molecule has 0 aromatic carbocycles. The third kappa shape index (κ3) is 3.95. The van der Waals surface area contributed by atoms with Gasteiger partial charge in [-0.3, -0.25) is 10.1 Å². The van der Waals surface area contributed by atoms with Gasteiger partial charge in [0.05, 0.1) is 4.88 Å². The number of hydrogen-bond donors (Lipinski definition) is 2. The quantitative estimate of drug-likeness (QED) is 0.598. The number of carbonyl (C=O) groups excluding carboxylic acids is 1. The number of aryl methyl sites for hydroxylation is 1. The second-order valence-electron chi connectivity index (χ2n) is 3.70. The summed E-state index contributed by atoms with van der Waals surface area (Å²) in [5.41, 5.74) is 0.972. The van der Waals surface area contributed by atoms with Gasteiger partial charge in [-0.1, -0.05) is 6.07 Å². The van der Waals surface area contributed by atoms with Gasteiger partial charge in [0.1, 0.15) is 5.82 Å². The maximum Gasteiger partial charge on any atom is 0.267 e. The number of hydrogen-bond acceptors (Lipinski definition) is 4. The summed E-state index contributed by atoms with van der Waals surface area (Å²) in [6.45, 7) is 1.93. The SMILES string of the molecule is Cc1cc(I)cnc1NC(=S)NC(=O)c1cccs1. The van der Waals surface area contributed by atoms with Gasteiger partial charge < -0.3 is 5.32 Å². The van der Waals surface area contributed by atoms with Crippen LogP contribution in [0.15, 0.2) is 29.8 Å². The van der Waals surface area contributed by atoms with E-state index in [1.807, 2.05) is 24.4 Å². The van der Waals surface area contributed by atoms with Crippen LogP contribution in [0.2, 0.25) is 0 Å². The fourth-order valence-corrected chi connectivity index (χ4v) is 2.80. The van der Waals surface area contributed by atoms with Crippen molar-refractivity contribution in [2.75, 3.05) is 5.32 Å². The van der Waals surface area contributed by atoms with Gasteiger partial charge in [-0.25, -0.2) is 4.98 Å². The molecule has 2 rings (SSSR count). The molecule has 2 heterocycles. The topological polar surface area (TPSA) is 54.0 Å². The minimum Gasteiger partial charge on any atom is -0.317 e. The number of nitrogens with zero attached hydrogens (tertiary/aromatic N) is 1. The van der Waals surface area contributed by atoms with E-state index in [4.69, 9.17) is 12.2 Å². The van der Waals surface area contributed by atoms with Crippen LogP contribution in [0.25, 0.3) is 0 Å². The van der Waals surface area contributed by atoms with Crippen LogP contribution < -0.4 is 10.6 Å². The Morgan fingerprint density at radius 3 is 2.95 bits per heavy atom. The molecule has 0 atom stereocenters. The molecule has 19 heavy (non-hydrogen) atoms. The Kier molecular flexibility index (Phi) is 4.83. The number of amides is 1. The summed E-state index contributed by atoms with van der Waals surface area (Å²) in [5.74, 6) is 0.438. The number of rotatable bonds is 2. The molecule has 0 aliphatic heterocycles. The maximum absolute atomic E-state index is 11.8. The molecule has 0 saturated heterocycles. The molecule has 0 spiro atoms. The Labute approximate surface area is 133 Å². The molecule has 2 aromatic rings. The Bertz CT molecular complexity index is 613. The summed E-state index contributed by atoms with van der Waals surface area (Å²) in [4.78, 5) is 16.7. The normalized spacial score (nSPS) is 10.0. The molecule has 0 aliphatic carbocycles. The monoisotopic (exact) mass is 403 g/mol. The van der Waals surface area contributed by atoms with E-state index in [-0.39, 0.29) is 11.0 Å². The zero-order valence-corrected chi connectivity index (χ0v) is 13.7. The van der Waals surface area contributed by atoms with Gasteiger partial charge in [0.2, 0.25) is 0 Å². The lowest BCUT2D eigenvalue weighted by Gasteiger charge is -2.10. The predicted octanol–water partition coefficient (Wildman–Crippen LogP) is 3.18. The van der Waals surface area contributed by atoms with E-state index in [1.54, 1.807) is 12.3 Å². The number of aromatic nitrogens is 1. The highest BCUT2D eigenvalue weighted by Crippen LogP contribution is 2.14. The molecule has 0 fully saturated rings. The van der Waals surface area contributed by atoms with Crippen LogP contribution in [0, 0.1) is 10.5 Å². The first-order chi connectivity index (χ1) is 9.06. The number of halogens is 1. The highest BCUT2D eigenvalue weighted by molar-refractivity contribution is 14.1. The van der Waals surface area contributed by atoms with Crippen LogP contribution in [0.1, 0.15) is 15.2 Å². The van der Waals surface area contributed by atoms with E-state index in [1.165, 1.54) is 11.3 Å². The van der Waals surface area contributed by atoms with Crippen molar-refractivity contribution in [2.24, 2.45) is 0 Å². The van der Waals surface area contributed by atoms with Crippen molar-refractivity contribution >= 4 is 63.0 Å². The molecule has 4 nitrogen and oxygen atoms in total. The van der Waals surface area contributed by atoms with Gasteiger partial charge in [0, 0.05) is 9.77 Å². The Balaban J connectivity index is 2.00. The van der Waals surface area contributed by atoms with Crippen LogP contribution in [0.4, 0.5) is 5.82 Å². The molecule has 0 bridgehead atoms. The highest BCUT2D eigenvalue weighted by atomic mass is 127. The number of thiocarbonyl (C=S) groups is 1. The lowest BCUT2D eigenvalue weighted by Crippen LogP contribution is -2.34. The predicted molar refractivity (Wildman–Crippen MR) is 89.7 cm³/mol. The molecule has 1 amide bonds. The number of nitrogens with one attached hydrogen (secondary N) is 2. The number of anilines is 1. The standard InChI is InChI=1S/C12H10IN3OS2/c1-7-5-8(13)6-14-10(7)15-12(18)16-11(17)9-3-2-4-19-9/h2-6H,1H3,(H2,14,15,16,17,18). The second kappa shape index (κ2) is 6.40. The number of pyridine rings is 1. The summed E-state index contributed by atoms with van der Waals surface area (Å²) in [6, 6.07) is 5.55. The van der Waals surface area contributed by atoms with Crippen LogP contribution in [0.5, 0.6) is 0 Å². The Morgan fingerprint density at radius 2 is 2.32 bits per heavy atom. The van der Waals surface area contributed by atoms with Crippen LogP contribution >= 0.6 is 46.1 Å². The fourth-order valence-electron chi connectivity index (χ4n) is 1.38. The van der Waals surface area contributed by atoms with Gasteiger partial charge in [-0.15, -0.1) is 11.3 Å². The van der Waals surface area contributed by atoms with Gasteiger partial charge in [-0.05, 0) is 64.8 Å². The zero-order chi connectivity index (χ0) is 13.8. The first kappa shape index (κ1) is 14.4. The summed E-state index contributed by atoms with van der Waals surface area (Å²) in [6.07, 6.45) is 1.74. The second-order valence-corrected chi connectivity index (χ2v) is 6.31. The van der Waals surface area contributed by atoms with Crippen molar-refractivity contribution in [1.82, 2.24) is 10.3 Å². The largest absolute Gasteiger partial charge is 0.317 e. The summed E-state index contributed by atoms with van der Waals surface area (Å²) in [5, 5.41) is 7.63. The first-order valence-electron chi connectivity index (χ1n) is 5.34. The molecular formula is C12H10IN3OS2. The highest BCUT2D eigenvalue weighted by Gasteiger charge is 2.09. The van der Waals surface area contributed by atoms with E-state index in [0.717, 1.165) is 9.13 Å². The van der Waals surface area contributed by atoms with Crippen LogP contribution in [-0.4, -0.2) is 16.0 Å². The van der Waals surface area contributed by atoms with Crippen molar-refractivity contribution in [1.29, 1.82) is 0 Å². The van der Waals surface area contributed by atoms with E-state index in [2.05, 4.69) is 38.2 Å². The average molecular weight is 403 g/mol. The van der Waals surface area contributed by atoms with E-state index in [9.17, 15) is 4.79 Å². The van der Waals surface area contributed by atoms with Gasteiger partial charge in [0.15, 0.2) is 5.11 Å².